The summed E-state index contributed by atoms with van der Waals surface area (Å²) in [7, 11) is 0.990. The van der Waals surface area contributed by atoms with Gasteiger partial charge in [0.1, 0.15) is 18.3 Å². The Morgan fingerprint density at radius 3 is 2.50 bits per heavy atom. The summed E-state index contributed by atoms with van der Waals surface area (Å²) in [6.07, 6.45) is -7.09. The first-order valence-corrected chi connectivity index (χ1v) is 6.57. The molecule has 1 heterocycles. The number of amides is 1. The fourth-order valence-corrected chi connectivity index (χ4v) is 2.29. The Morgan fingerprint density at radius 1 is 1.45 bits per heavy atom. The molecule has 10 heteroatoms. The molecule has 1 rings (SSSR count). The van der Waals surface area contributed by atoms with Gasteiger partial charge in [-0.1, -0.05) is 0 Å². The highest BCUT2D eigenvalue weighted by molar-refractivity contribution is 5.78. The van der Waals surface area contributed by atoms with E-state index in [1.807, 2.05) is 0 Å². The van der Waals surface area contributed by atoms with E-state index in [1.165, 1.54) is 0 Å². The second kappa shape index (κ2) is 7.31. The Kier molecular flexibility index (Phi) is 6.23. The van der Waals surface area contributed by atoms with Gasteiger partial charge in [0.25, 0.3) is 5.79 Å². The van der Waals surface area contributed by atoms with Crippen molar-refractivity contribution in [2.45, 2.75) is 49.6 Å². The van der Waals surface area contributed by atoms with Gasteiger partial charge in [-0.25, -0.2) is 4.79 Å². The quantitative estimate of drug-likeness (QED) is 0.278. The number of carbonyl (C=O) groups is 2. The maximum absolute atomic E-state index is 11.6. The normalized spacial score (nSPS) is 34.6. The minimum Gasteiger partial charge on any atom is -0.465 e. The highest BCUT2D eigenvalue weighted by Gasteiger charge is 2.54. The molecule has 0 aliphatic carbocycles. The first-order chi connectivity index (χ1) is 10.2. The summed E-state index contributed by atoms with van der Waals surface area (Å²) in [4.78, 5) is 22.8. The standard InChI is InChI=1S/C12H21NO9/c1-5(15)13-8-6(16)3-12(20,11(19)21-2)22-10(8)9(18)7(17)4-14/h6-10,14,16-18,20H,3-4H2,1-2H3,(H,13,15)/t6-,7-,8?,9-,10?,12-/m1/s1. The molecular formula is C12H21NO9. The van der Waals surface area contributed by atoms with Crippen LogP contribution in [0.2, 0.25) is 0 Å². The Morgan fingerprint density at radius 2 is 2.05 bits per heavy atom. The van der Waals surface area contributed by atoms with Crippen molar-refractivity contribution in [3.63, 3.8) is 0 Å². The Balaban J connectivity index is 3.09. The maximum Gasteiger partial charge on any atom is 0.366 e. The lowest BCUT2D eigenvalue weighted by molar-refractivity contribution is -0.296. The molecule has 1 aliphatic rings. The molecule has 0 bridgehead atoms. The summed E-state index contributed by atoms with van der Waals surface area (Å²) in [5, 5.41) is 50.8. The molecule has 1 amide bonds. The van der Waals surface area contributed by atoms with Crippen LogP contribution in [-0.2, 0) is 19.1 Å². The number of nitrogens with one attached hydrogen (secondary N) is 1. The van der Waals surface area contributed by atoms with E-state index in [1.54, 1.807) is 0 Å². The summed E-state index contributed by atoms with van der Waals surface area (Å²) in [5.74, 6) is -4.32. The molecule has 128 valence electrons. The number of hydrogen-bond acceptors (Lipinski definition) is 9. The Bertz CT molecular complexity index is 417. The molecule has 1 saturated heterocycles. The van der Waals surface area contributed by atoms with E-state index in [-0.39, 0.29) is 0 Å². The predicted octanol–water partition coefficient (Wildman–Crippen LogP) is -3.78. The molecule has 0 saturated carbocycles. The lowest BCUT2D eigenvalue weighted by atomic mass is 9.88. The number of aliphatic hydroxyl groups excluding tert-OH is 4. The lowest BCUT2D eigenvalue weighted by Crippen LogP contribution is -2.67. The zero-order chi connectivity index (χ0) is 17.1. The third-order valence-corrected chi connectivity index (χ3v) is 3.38. The molecule has 0 aromatic carbocycles. The summed E-state index contributed by atoms with van der Waals surface area (Å²) < 4.78 is 9.45. The van der Waals surface area contributed by atoms with Gasteiger partial charge in [0.15, 0.2) is 0 Å². The first-order valence-electron chi connectivity index (χ1n) is 6.57. The topological polar surface area (TPSA) is 166 Å². The van der Waals surface area contributed by atoms with Crippen LogP contribution >= 0.6 is 0 Å². The smallest absolute Gasteiger partial charge is 0.366 e. The highest BCUT2D eigenvalue weighted by Crippen LogP contribution is 2.31. The minimum atomic E-state index is -2.55. The molecule has 0 aromatic heterocycles. The minimum absolute atomic E-state index is 0.563. The molecule has 22 heavy (non-hydrogen) atoms. The van der Waals surface area contributed by atoms with E-state index in [0.717, 1.165) is 14.0 Å². The molecule has 10 nitrogen and oxygen atoms in total. The number of esters is 1. The van der Waals surface area contributed by atoms with E-state index in [9.17, 15) is 30.0 Å². The van der Waals surface area contributed by atoms with Gasteiger partial charge in [-0.05, 0) is 0 Å². The molecule has 0 aromatic rings. The van der Waals surface area contributed by atoms with Gasteiger partial charge in [-0.3, -0.25) is 4.79 Å². The van der Waals surface area contributed by atoms with E-state index in [0.29, 0.717) is 0 Å². The number of methoxy groups -OCH3 is 1. The van der Waals surface area contributed by atoms with E-state index in [4.69, 9.17) is 9.84 Å². The molecule has 1 aliphatic heterocycles. The molecule has 0 spiro atoms. The second-order valence-electron chi connectivity index (χ2n) is 5.10. The predicted molar refractivity (Wildman–Crippen MR) is 69.2 cm³/mol. The van der Waals surface area contributed by atoms with Crippen molar-refractivity contribution in [3.05, 3.63) is 0 Å². The van der Waals surface area contributed by atoms with Crippen LogP contribution in [0.15, 0.2) is 0 Å². The van der Waals surface area contributed by atoms with Gasteiger partial charge in [0, 0.05) is 13.3 Å². The average molecular weight is 323 g/mol. The second-order valence-corrected chi connectivity index (χ2v) is 5.10. The largest absolute Gasteiger partial charge is 0.465 e. The van der Waals surface area contributed by atoms with Crippen LogP contribution in [0.5, 0.6) is 0 Å². The van der Waals surface area contributed by atoms with Crippen molar-refractivity contribution in [1.82, 2.24) is 5.32 Å². The monoisotopic (exact) mass is 323 g/mol. The summed E-state index contributed by atoms with van der Waals surface area (Å²) in [6, 6.07) is -1.21. The Labute approximate surface area is 126 Å². The molecule has 0 radical (unpaired) electrons. The van der Waals surface area contributed by atoms with Gasteiger partial charge >= 0.3 is 5.97 Å². The van der Waals surface area contributed by atoms with Gasteiger partial charge in [-0.2, -0.15) is 0 Å². The fourth-order valence-electron chi connectivity index (χ4n) is 2.29. The van der Waals surface area contributed by atoms with Crippen LogP contribution in [0, 0.1) is 0 Å². The third kappa shape index (κ3) is 3.91. The number of carbonyl (C=O) groups excluding carboxylic acids is 2. The van der Waals surface area contributed by atoms with Crippen molar-refractivity contribution in [2.24, 2.45) is 0 Å². The summed E-state index contributed by atoms with van der Waals surface area (Å²) in [5.41, 5.74) is 0. The highest BCUT2D eigenvalue weighted by atomic mass is 16.7. The molecule has 2 unspecified atom stereocenters. The van der Waals surface area contributed by atoms with Crippen LogP contribution in [0.3, 0.4) is 0 Å². The average Bonchev–Trinajstić information content (AvgIpc) is 2.46. The van der Waals surface area contributed by atoms with E-state index < -0.39 is 61.1 Å². The summed E-state index contributed by atoms with van der Waals surface area (Å²) in [6.45, 7) is 0.320. The molecule has 6 N–H and O–H groups in total. The first kappa shape index (κ1) is 18.7. The van der Waals surface area contributed by atoms with Crippen molar-refractivity contribution in [3.8, 4) is 0 Å². The molecular weight excluding hydrogens is 302 g/mol. The van der Waals surface area contributed by atoms with Crippen LogP contribution in [-0.4, -0.2) is 87.4 Å². The number of rotatable bonds is 5. The van der Waals surface area contributed by atoms with Gasteiger partial charge in [-0.15, -0.1) is 0 Å². The van der Waals surface area contributed by atoms with Gasteiger partial charge < -0.3 is 40.3 Å². The van der Waals surface area contributed by atoms with Gasteiger partial charge in [0.05, 0.1) is 25.9 Å². The third-order valence-electron chi connectivity index (χ3n) is 3.38. The number of ether oxygens (including phenoxy) is 2. The van der Waals surface area contributed by atoms with E-state index >= 15 is 0 Å². The van der Waals surface area contributed by atoms with E-state index in [2.05, 4.69) is 10.1 Å². The lowest BCUT2D eigenvalue weighted by Gasteiger charge is -2.45. The van der Waals surface area contributed by atoms with Gasteiger partial charge in [0.2, 0.25) is 5.91 Å². The SMILES string of the molecule is COC(=O)[C@@]1(O)C[C@@H](O)C(NC(C)=O)C([C@H](O)[C@H](O)CO)O1. The molecule has 1 fully saturated rings. The van der Waals surface area contributed by atoms with Crippen molar-refractivity contribution in [2.75, 3.05) is 13.7 Å². The molecule has 6 atom stereocenters. The summed E-state index contributed by atoms with van der Waals surface area (Å²) >= 11 is 0. The number of hydrogen-bond donors (Lipinski definition) is 6. The fraction of sp³-hybridized carbons (Fsp3) is 0.833. The van der Waals surface area contributed by atoms with Crippen LogP contribution in [0.25, 0.3) is 0 Å². The van der Waals surface area contributed by atoms with Crippen LogP contribution in [0.4, 0.5) is 0 Å². The zero-order valence-corrected chi connectivity index (χ0v) is 12.2. The van der Waals surface area contributed by atoms with Crippen LogP contribution in [0.1, 0.15) is 13.3 Å². The van der Waals surface area contributed by atoms with Crippen molar-refractivity contribution in [1.29, 1.82) is 0 Å². The number of aliphatic hydroxyl groups is 5. The van der Waals surface area contributed by atoms with Crippen molar-refractivity contribution >= 4 is 11.9 Å². The Hall–Kier alpha value is -1.30. The van der Waals surface area contributed by atoms with Crippen LogP contribution < -0.4 is 5.32 Å². The zero-order valence-electron chi connectivity index (χ0n) is 12.2. The maximum atomic E-state index is 11.6. The van der Waals surface area contributed by atoms with Crippen molar-refractivity contribution < 1.29 is 44.6 Å².